The van der Waals surface area contributed by atoms with Crippen molar-refractivity contribution in [3.05, 3.63) is 70.3 Å². The Labute approximate surface area is 217 Å². The molecule has 2 aromatic rings. The fraction of sp³-hybridized carbons (Fsp3) is 0.320. The molecule has 12 heteroatoms. The summed E-state index contributed by atoms with van der Waals surface area (Å²) in [5.41, 5.74) is 1.55. The van der Waals surface area contributed by atoms with Gasteiger partial charge in [-0.3, -0.25) is 14.6 Å². The maximum absolute atomic E-state index is 13.4. The van der Waals surface area contributed by atoms with E-state index in [-0.39, 0.29) is 18.7 Å². The number of nitrogens with one attached hydrogen (secondary N) is 1. The van der Waals surface area contributed by atoms with Crippen molar-refractivity contribution in [3.63, 3.8) is 0 Å². The summed E-state index contributed by atoms with van der Waals surface area (Å²) in [6.45, 7) is 1.81. The van der Waals surface area contributed by atoms with Gasteiger partial charge in [0.05, 0.1) is 36.3 Å². The molecule has 1 atom stereocenters. The molecule has 0 aliphatic carbocycles. The van der Waals surface area contributed by atoms with Gasteiger partial charge in [0.1, 0.15) is 6.04 Å². The van der Waals surface area contributed by atoms with Crippen molar-refractivity contribution in [2.24, 2.45) is 0 Å². The van der Waals surface area contributed by atoms with Crippen molar-refractivity contribution < 1.29 is 44.0 Å². The Morgan fingerprint density at radius 2 is 1.54 bits per heavy atom. The predicted octanol–water partition coefficient (Wildman–Crippen LogP) is 2.54. The molecule has 0 aliphatic rings. The van der Waals surface area contributed by atoms with E-state index in [0.29, 0.717) is 17.7 Å². The normalized spacial score (nSPS) is 11.4. The molecule has 0 unspecified atom stereocenters. The number of nitrogens with zero attached hydrogens (tertiary/aromatic N) is 1. The van der Waals surface area contributed by atoms with Gasteiger partial charge in [0, 0.05) is 0 Å². The third-order valence-electron chi connectivity index (χ3n) is 5.25. The zero-order chi connectivity index (χ0) is 27.5. The van der Waals surface area contributed by atoms with Crippen LogP contribution < -0.4 is 5.43 Å². The van der Waals surface area contributed by atoms with E-state index in [9.17, 15) is 39.3 Å². The zero-order valence-electron chi connectivity index (χ0n) is 20.3. The highest BCUT2D eigenvalue weighted by atomic mass is 32.2. The molecule has 0 heterocycles. The van der Waals surface area contributed by atoms with Crippen molar-refractivity contribution >= 4 is 41.5 Å². The van der Waals surface area contributed by atoms with Crippen LogP contribution in [0.1, 0.15) is 55.5 Å². The molecular weight excluding hydrogens is 504 g/mol. The second-order valence-corrected chi connectivity index (χ2v) is 8.81. The van der Waals surface area contributed by atoms with Gasteiger partial charge < -0.3 is 20.1 Å². The van der Waals surface area contributed by atoms with Gasteiger partial charge in [-0.2, -0.15) is 11.8 Å². The molecule has 2 rings (SSSR count). The summed E-state index contributed by atoms with van der Waals surface area (Å²) in [6.07, 6.45) is 1.64. The number of benzene rings is 2. The van der Waals surface area contributed by atoms with Crippen molar-refractivity contribution in [1.82, 2.24) is 10.4 Å². The largest absolute Gasteiger partial charge is 0.478 e. The molecular formula is C25H28N2O9S. The third kappa shape index (κ3) is 8.33. The van der Waals surface area contributed by atoms with Crippen molar-refractivity contribution in [3.8, 4) is 0 Å². The number of ether oxygens (including phenoxy) is 1. The highest BCUT2D eigenvalue weighted by Crippen LogP contribution is 2.20. The topological polar surface area (TPSA) is 171 Å². The number of hydrogen-bond donors (Lipinski definition) is 4. The Morgan fingerprint density at radius 1 is 0.946 bits per heavy atom. The average molecular weight is 533 g/mol. The summed E-state index contributed by atoms with van der Waals surface area (Å²) in [5.74, 6) is -5.35. The lowest BCUT2D eigenvalue weighted by Gasteiger charge is -2.28. The van der Waals surface area contributed by atoms with Gasteiger partial charge in [0.25, 0.3) is 0 Å². The molecule has 198 valence electrons. The van der Waals surface area contributed by atoms with Crippen LogP contribution in [-0.2, 0) is 27.3 Å². The number of carboxylic acid groups (broad SMARTS) is 3. The van der Waals surface area contributed by atoms with Crippen molar-refractivity contribution in [1.29, 1.82) is 0 Å². The highest BCUT2D eigenvalue weighted by Gasteiger charge is 2.28. The van der Waals surface area contributed by atoms with Crippen molar-refractivity contribution in [2.75, 3.05) is 18.6 Å². The molecule has 0 spiro atoms. The number of aromatic carboxylic acids is 3. The summed E-state index contributed by atoms with van der Waals surface area (Å²) >= 11 is 1.50. The Bertz CT molecular complexity index is 1150. The van der Waals surface area contributed by atoms with E-state index in [2.05, 4.69) is 5.43 Å². The molecule has 4 N–H and O–H groups in total. The van der Waals surface area contributed by atoms with Gasteiger partial charge in [-0.05, 0) is 48.6 Å². The summed E-state index contributed by atoms with van der Waals surface area (Å²) in [7, 11) is 0. The van der Waals surface area contributed by atoms with Crippen LogP contribution in [0.5, 0.6) is 0 Å². The minimum atomic E-state index is -1.61. The maximum atomic E-state index is 13.4. The number of amides is 1. The van der Waals surface area contributed by atoms with Gasteiger partial charge in [-0.15, -0.1) is 0 Å². The smallest absolute Gasteiger partial charge is 0.336 e. The van der Waals surface area contributed by atoms with E-state index in [1.54, 1.807) is 37.3 Å². The number of hydrogen-bond acceptors (Lipinski definition) is 8. The molecule has 0 fully saturated rings. The number of esters is 1. The summed E-state index contributed by atoms with van der Waals surface area (Å²) in [4.78, 5) is 60.9. The first-order chi connectivity index (χ1) is 17.6. The predicted molar refractivity (Wildman–Crippen MR) is 135 cm³/mol. The molecule has 1 amide bonds. The minimum absolute atomic E-state index is 0.0102. The SMILES string of the molecule is CCOC(=O)[C@H](CCSC)NN(Cc1ccccc1)C(=O)Cc1cc(C(=O)O)c(C(=O)O)cc1C(=O)O. The molecule has 0 bridgehead atoms. The molecule has 0 aliphatic heterocycles. The van der Waals surface area contributed by atoms with Crippen LogP contribution >= 0.6 is 11.8 Å². The van der Waals surface area contributed by atoms with Gasteiger partial charge in [0.2, 0.25) is 5.91 Å². The summed E-state index contributed by atoms with van der Waals surface area (Å²) in [6, 6.07) is 9.58. The van der Waals surface area contributed by atoms with E-state index in [0.717, 1.165) is 17.1 Å². The average Bonchev–Trinajstić information content (AvgIpc) is 2.85. The zero-order valence-corrected chi connectivity index (χ0v) is 21.1. The quantitative estimate of drug-likeness (QED) is 0.208. The Hall–Kier alpha value is -3.90. The van der Waals surface area contributed by atoms with Crippen LogP contribution in [0.25, 0.3) is 0 Å². The number of carbonyl (C=O) groups is 5. The maximum Gasteiger partial charge on any atom is 0.336 e. The van der Waals surface area contributed by atoms with Crippen LogP contribution in [0, 0.1) is 0 Å². The van der Waals surface area contributed by atoms with Gasteiger partial charge in [-0.25, -0.2) is 19.8 Å². The lowest BCUT2D eigenvalue weighted by molar-refractivity contribution is -0.149. The van der Waals surface area contributed by atoms with E-state index >= 15 is 0 Å². The van der Waals surface area contributed by atoms with Gasteiger partial charge >= 0.3 is 23.9 Å². The van der Waals surface area contributed by atoms with Crippen LogP contribution in [0.2, 0.25) is 0 Å². The molecule has 37 heavy (non-hydrogen) atoms. The number of carboxylic acids is 3. The molecule has 0 saturated carbocycles. The van der Waals surface area contributed by atoms with Crippen molar-refractivity contribution in [2.45, 2.75) is 32.4 Å². The fourth-order valence-corrected chi connectivity index (χ4v) is 3.95. The Kier molecular flexibility index (Phi) is 11.1. The molecule has 0 radical (unpaired) electrons. The second kappa shape index (κ2) is 14.0. The molecule has 2 aromatic carbocycles. The lowest BCUT2D eigenvalue weighted by atomic mass is 9.96. The first kappa shape index (κ1) is 29.3. The minimum Gasteiger partial charge on any atom is -0.478 e. The first-order valence-electron chi connectivity index (χ1n) is 11.2. The van der Waals surface area contributed by atoms with Gasteiger partial charge in [0.15, 0.2) is 0 Å². The van der Waals surface area contributed by atoms with Crippen LogP contribution in [0.15, 0.2) is 42.5 Å². The standard InChI is InChI=1S/C25H28N2O9S/c1-3-36-25(35)20(9-10-37-2)26-27(14-15-7-5-4-6-8-15)21(28)12-16-11-18(23(31)32)19(24(33)34)13-17(16)22(29)30/h4-8,11,13,20,26H,3,9-10,12,14H2,1-2H3,(H,29,30)(H,31,32)(H,33,34)/t20-/m0/s1. The van der Waals surface area contributed by atoms with Gasteiger partial charge in [-0.1, -0.05) is 30.3 Å². The van der Waals surface area contributed by atoms with E-state index in [1.165, 1.54) is 11.8 Å². The number of hydrazine groups is 1. The summed E-state index contributed by atoms with van der Waals surface area (Å²) in [5, 5.41) is 29.6. The molecule has 0 saturated heterocycles. The van der Waals surface area contributed by atoms with E-state index < -0.39 is 58.9 Å². The fourth-order valence-electron chi connectivity index (χ4n) is 3.48. The first-order valence-corrected chi connectivity index (χ1v) is 12.6. The van der Waals surface area contributed by atoms with E-state index in [1.807, 2.05) is 6.26 Å². The van der Waals surface area contributed by atoms with E-state index in [4.69, 9.17) is 4.74 Å². The van der Waals surface area contributed by atoms with Crippen LogP contribution in [0.4, 0.5) is 0 Å². The molecule has 0 aromatic heterocycles. The number of rotatable bonds is 14. The van der Waals surface area contributed by atoms with Crippen LogP contribution in [-0.4, -0.2) is 74.8 Å². The Balaban J connectivity index is 2.48. The number of carbonyl (C=O) groups excluding carboxylic acids is 2. The third-order valence-corrected chi connectivity index (χ3v) is 5.90. The molecule has 11 nitrogen and oxygen atoms in total. The number of thioether (sulfide) groups is 1. The second-order valence-electron chi connectivity index (χ2n) is 7.83. The lowest BCUT2D eigenvalue weighted by Crippen LogP contribution is -2.52. The van der Waals surface area contributed by atoms with Crippen LogP contribution in [0.3, 0.4) is 0 Å². The monoisotopic (exact) mass is 532 g/mol. The Morgan fingerprint density at radius 3 is 2.08 bits per heavy atom. The highest BCUT2D eigenvalue weighted by molar-refractivity contribution is 7.98. The summed E-state index contributed by atoms with van der Waals surface area (Å²) < 4.78 is 5.13.